The van der Waals surface area contributed by atoms with Crippen molar-refractivity contribution < 1.29 is 4.79 Å². The van der Waals surface area contributed by atoms with Crippen molar-refractivity contribution >= 4 is 39.8 Å². The fraction of sp³-hybridized carbons (Fsp3) is 0.211. The molecule has 1 aromatic heterocycles. The smallest absolute Gasteiger partial charge is 0.233 e. The van der Waals surface area contributed by atoms with Gasteiger partial charge >= 0.3 is 0 Å². The minimum atomic E-state index is -0.237. The Morgan fingerprint density at radius 3 is 2.58 bits per heavy atom. The van der Waals surface area contributed by atoms with E-state index in [-0.39, 0.29) is 11.2 Å². The predicted octanol–water partition coefficient (Wildman–Crippen LogP) is 4.39. The first-order chi connectivity index (χ1) is 12.6. The average Bonchev–Trinajstić information content (AvgIpc) is 3.09. The molecular weight excluding hydrogens is 364 g/mol. The molecule has 1 heterocycles. The van der Waals surface area contributed by atoms with Crippen LogP contribution in [0.15, 0.2) is 58.9 Å². The third-order valence-electron chi connectivity index (χ3n) is 3.67. The molecule has 2 N–H and O–H groups in total. The second-order valence-corrected chi connectivity index (χ2v) is 8.39. The number of thioether (sulfide) groups is 1. The summed E-state index contributed by atoms with van der Waals surface area (Å²) in [6.45, 7) is 4.45. The number of aromatic nitrogens is 2. The van der Waals surface area contributed by atoms with Gasteiger partial charge in [-0.3, -0.25) is 4.79 Å². The summed E-state index contributed by atoms with van der Waals surface area (Å²) in [6.07, 6.45) is 0. The van der Waals surface area contributed by atoms with Crippen LogP contribution in [-0.2, 0) is 11.3 Å². The maximum absolute atomic E-state index is 12.3. The molecule has 0 aliphatic carbocycles. The lowest BCUT2D eigenvalue weighted by atomic mass is 10.2. The van der Waals surface area contributed by atoms with Gasteiger partial charge < -0.3 is 10.6 Å². The predicted molar refractivity (Wildman–Crippen MR) is 108 cm³/mol. The van der Waals surface area contributed by atoms with E-state index in [0.717, 1.165) is 15.6 Å². The lowest BCUT2D eigenvalue weighted by Crippen LogP contribution is -2.30. The third kappa shape index (κ3) is 5.31. The van der Waals surface area contributed by atoms with Crippen LogP contribution in [0.2, 0.25) is 0 Å². The molecule has 2 aromatic carbocycles. The second-order valence-electron chi connectivity index (χ2n) is 5.83. The quantitative estimate of drug-likeness (QED) is 0.592. The molecule has 3 rings (SSSR count). The van der Waals surface area contributed by atoms with E-state index in [0.29, 0.717) is 11.7 Å². The number of anilines is 2. The van der Waals surface area contributed by atoms with E-state index in [1.54, 1.807) is 0 Å². The lowest BCUT2D eigenvalue weighted by Gasteiger charge is -2.10. The van der Waals surface area contributed by atoms with Gasteiger partial charge in [-0.15, -0.1) is 10.2 Å². The van der Waals surface area contributed by atoms with Gasteiger partial charge in [0.05, 0.1) is 5.25 Å². The summed E-state index contributed by atoms with van der Waals surface area (Å²) in [7, 11) is 0. The number of carbonyl (C=O) groups is 1. The largest absolute Gasteiger partial charge is 0.351 e. The normalized spacial score (nSPS) is 11.8. The van der Waals surface area contributed by atoms with Crippen molar-refractivity contribution in [1.29, 1.82) is 0 Å². The van der Waals surface area contributed by atoms with Crippen LogP contribution in [0.4, 0.5) is 10.8 Å². The Hall–Kier alpha value is -2.38. The molecule has 0 aliphatic rings. The molecule has 0 aliphatic heterocycles. The summed E-state index contributed by atoms with van der Waals surface area (Å²) in [5, 5.41) is 15.0. The molecule has 134 valence electrons. The van der Waals surface area contributed by atoms with E-state index >= 15 is 0 Å². The summed E-state index contributed by atoms with van der Waals surface area (Å²) in [6, 6.07) is 18.0. The lowest BCUT2D eigenvalue weighted by molar-refractivity contribution is -0.120. The molecule has 1 unspecified atom stereocenters. The fourth-order valence-electron chi connectivity index (χ4n) is 2.20. The van der Waals surface area contributed by atoms with Crippen molar-refractivity contribution in [3.8, 4) is 0 Å². The van der Waals surface area contributed by atoms with Crippen molar-refractivity contribution in [2.24, 2.45) is 0 Å². The van der Waals surface area contributed by atoms with Gasteiger partial charge in [0.2, 0.25) is 11.0 Å². The Balaban J connectivity index is 1.51. The highest BCUT2D eigenvalue weighted by Crippen LogP contribution is 2.30. The van der Waals surface area contributed by atoms with Gasteiger partial charge in [0, 0.05) is 12.2 Å². The number of hydrogen-bond acceptors (Lipinski definition) is 6. The number of amides is 1. The van der Waals surface area contributed by atoms with Gasteiger partial charge in [0.15, 0.2) is 4.34 Å². The topological polar surface area (TPSA) is 66.9 Å². The summed E-state index contributed by atoms with van der Waals surface area (Å²) < 4.78 is 0.766. The summed E-state index contributed by atoms with van der Waals surface area (Å²) in [4.78, 5) is 12.3. The average molecular weight is 385 g/mol. The molecule has 0 bridgehead atoms. The molecule has 0 spiro atoms. The highest BCUT2D eigenvalue weighted by atomic mass is 32.2. The maximum atomic E-state index is 12.3. The van der Waals surface area contributed by atoms with Crippen LogP contribution in [0.5, 0.6) is 0 Å². The molecule has 0 fully saturated rings. The minimum absolute atomic E-state index is 0.0119. The maximum Gasteiger partial charge on any atom is 0.233 e. The summed E-state index contributed by atoms with van der Waals surface area (Å²) in [5.74, 6) is -0.0119. The first-order valence-corrected chi connectivity index (χ1v) is 9.95. The fourth-order valence-corrected chi connectivity index (χ4v) is 4.14. The number of benzene rings is 2. The van der Waals surface area contributed by atoms with Crippen molar-refractivity contribution in [3.63, 3.8) is 0 Å². The number of hydrogen-bond donors (Lipinski definition) is 2. The van der Waals surface area contributed by atoms with Gasteiger partial charge in [0.25, 0.3) is 0 Å². The number of rotatable bonds is 7. The molecule has 0 saturated heterocycles. The molecule has 1 amide bonds. The number of nitrogens with zero attached hydrogens (tertiary/aromatic N) is 2. The molecule has 0 radical (unpaired) electrons. The zero-order valence-electron chi connectivity index (χ0n) is 14.6. The molecule has 5 nitrogen and oxygen atoms in total. The zero-order chi connectivity index (χ0) is 18.4. The standard InChI is InChI=1S/C19H20N4OS2/c1-13-8-10-16(11-9-13)21-18-22-23-19(26-18)25-14(2)17(24)20-12-15-6-4-3-5-7-15/h3-11,14H,12H2,1-2H3,(H,20,24)(H,21,22). The van der Waals surface area contributed by atoms with E-state index in [4.69, 9.17) is 0 Å². The van der Waals surface area contributed by atoms with E-state index in [1.807, 2.05) is 68.4 Å². The zero-order valence-corrected chi connectivity index (χ0v) is 16.2. The third-order valence-corrected chi connectivity index (χ3v) is 5.69. The van der Waals surface area contributed by atoms with Gasteiger partial charge in [-0.25, -0.2) is 0 Å². The SMILES string of the molecule is Cc1ccc(Nc2nnc(SC(C)C(=O)NCc3ccccc3)s2)cc1. The van der Waals surface area contributed by atoms with Crippen LogP contribution in [0.3, 0.4) is 0 Å². The van der Waals surface area contributed by atoms with Crippen LogP contribution in [0.1, 0.15) is 18.1 Å². The van der Waals surface area contributed by atoms with E-state index in [1.165, 1.54) is 28.7 Å². The van der Waals surface area contributed by atoms with Crippen LogP contribution in [-0.4, -0.2) is 21.4 Å². The number of aryl methyl sites for hydroxylation is 1. The number of nitrogens with one attached hydrogen (secondary N) is 2. The molecule has 1 atom stereocenters. The Morgan fingerprint density at radius 1 is 1.12 bits per heavy atom. The molecule has 26 heavy (non-hydrogen) atoms. The first-order valence-electron chi connectivity index (χ1n) is 8.25. The number of carbonyl (C=O) groups excluding carboxylic acids is 1. The van der Waals surface area contributed by atoms with Crippen LogP contribution >= 0.6 is 23.1 Å². The minimum Gasteiger partial charge on any atom is -0.351 e. The van der Waals surface area contributed by atoms with E-state index < -0.39 is 0 Å². The molecule has 3 aromatic rings. The highest BCUT2D eigenvalue weighted by Gasteiger charge is 2.17. The van der Waals surface area contributed by atoms with Crippen LogP contribution in [0.25, 0.3) is 0 Å². The van der Waals surface area contributed by atoms with Gasteiger partial charge in [-0.1, -0.05) is 71.1 Å². The Labute approximate surface area is 161 Å². The Morgan fingerprint density at radius 2 is 1.85 bits per heavy atom. The van der Waals surface area contributed by atoms with Crippen molar-refractivity contribution in [3.05, 3.63) is 65.7 Å². The molecular formula is C19H20N4OS2. The van der Waals surface area contributed by atoms with Crippen molar-refractivity contribution in [1.82, 2.24) is 15.5 Å². The van der Waals surface area contributed by atoms with Crippen molar-refractivity contribution in [2.75, 3.05) is 5.32 Å². The van der Waals surface area contributed by atoms with Crippen LogP contribution in [0, 0.1) is 6.92 Å². The molecule has 0 saturated carbocycles. The van der Waals surface area contributed by atoms with Crippen molar-refractivity contribution in [2.45, 2.75) is 30.0 Å². The van der Waals surface area contributed by atoms with Gasteiger partial charge in [-0.2, -0.15) is 0 Å². The highest BCUT2D eigenvalue weighted by molar-refractivity contribution is 8.02. The molecule has 7 heteroatoms. The Bertz CT molecular complexity index is 849. The second kappa shape index (κ2) is 8.82. The van der Waals surface area contributed by atoms with Gasteiger partial charge in [-0.05, 0) is 31.5 Å². The van der Waals surface area contributed by atoms with Crippen LogP contribution < -0.4 is 10.6 Å². The Kier molecular flexibility index (Phi) is 6.25. The van der Waals surface area contributed by atoms with E-state index in [9.17, 15) is 4.79 Å². The first kappa shape index (κ1) is 18.4. The van der Waals surface area contributed by atoms with Gasteiger partial charge in [0.1, 0.15) is 0 Å². The summed E-state index contributed by atoms with van der Waals surface area (Å²) >= 11 is 2.86. The van der Waals surface area contributed by atoms with E-state index in [2.05, 4.69) is 20.8 Å². The monoisotopic (exact) mass is 384 g/mol. The summed E-state index contributed by atoms with van der Waals surface area (Å²) in [5.41, 5.74) is 3.26.